The summed E-state index contributed by atoms with van der Waals surface area (Å²) in [7, 11) is -1.94. The molecule has 5 nitrogen and oxygen atoms in total. The Kier molecular flexibility index (Phi) is 5.54. The van der Waals surface area contributed by atoms with Gasteiger partial charge in [0.15, 0.2) is 0 Å². The van der Waals surface area contributed by atoms with E-state index in [1.807, 2.05) is 36.4 Å². The summed E-state index contributed by atoms with van der Waals surface area (Å²) < 4.78 is 33.5. The van der Waals surface area contributed by atoms with E-state index in [-0.39, 0.29) is 10.4 Å². The highest BCUT2D eigenvalue weighted by Crippen LogP contribution is 2.23. The molecular weight excluding hydrogens is 336 g/mol. The molecule has 0 aromatic heterocycles. The van der Waals surface area contributed by atoms with Gasteiger partial charge in [-0.25, -0.2) is 13.1 Å². The maximum atomic E-state index is 12.7. The molecule has 0 saturated carbocycles. The van der Waals surface area contributed by atoms with Crippen LogP contribution in [0.3, 0.4) is 0 Å². The van der Waals surface area contributed by atoms with Crippen molar-refractivity contribution in [1.29, 1.82) is 0 Å². The van der Waals surface area contributed by atoms with Crippen LogP contribution in [0.4, 0.5) is 0 Å². The van der Waals surface area contributed by atoms with Crippen LogP contribution in [0.15, 0.2) is 59.5 Å². The summed E-state index contributed by atoms with van der Waals surface area (Å²) in [5.41, 5.74) is 1.56. The molecule has 1 heterocycles. The zero-order valence-electron chi connectivity index (χ0n) is 14.4. The minimum Gasteiger partial charge on any atom is -0.383 e. The highest BCUT2D eigenvalue weighted by atomic mass is 32.2. The van der Waals surface area contributed by atoms with Gasteiger partial charge in [0.1, 0.15) is 0 Å². The van der Waals surface area contributed by atoms with Gasteiger partial charge in [0, 0.05) is 13.7 Å². The highest BCUT2D eigenvalue weighted by Gasteiger charge is 2.34. The smallest absolute Gasteiger partial charge is 0.240 e. The van der Waals surface area contributed by atoms with Gasteiger partial charge >= 0.3 is 0 Å². The monoisotopic (exact) mass is 360 g/mol. The summed E-state index contributed by atoms with van der Waals surface area (Å²) in [5.74, 6) is 0. The zero-order valence-corrected chi connectivity index (χ0v) is 15.2. The van der Waals surface area contributed by atoms with Crippen molar-refractivity contribution in [3.63, 3.8) is 0 Å². The number of sulfonamides is 1. The lowest BCUT2D eigenvalue weighted by molar-refractivity contribution is 0.122. The fraction of sp³-hybridized carbons (Fsp3) is 0.368. The van der Waals surface area contributed by atoms with Crippen LogP contribution in [0.2, 0.25) is 0 Å². The molecule has 1 aliphatic rings. The Hall–Kier alpha value is -1.73. The first-order valence-electron chi connectivity index (χ1n) is 8.44. The van der Waals surface area contributed by atoms with E-state index in [9.17, 15) is 8.42 Å². The Bertz CT molecular complexity index is 800. The predicted octanol–water partition coefficient (Wildman–Crippen LogP) is 2.40. The largest absolute Gasteiger partial charge is 0.383 e. The van der Waals surface area contributed by atoms with Crippen molar-refractivity contribution in [2.45, 2.75) is 23.3 Å². The third kappa shape index (κ3) is 4.27. The molecular formula is C19H24N2O3S. The Morgan fingerprint density at radius 2 is 1.88 bits per heavy atom. The number of rotatable bonds is 7. The predicted molar refractivity (Wildman–Crippen MR) is 98.9 cm³/mol. The van der Waals surface area contributed by atoms with Gasteiger partial charge in [-0.2, -0.15) is 0 Å². The molecule has 2 aromatic rings. The Morgan fingerprint density at radius 3 is 2.56 bits per heavy atom. The normalized spacial score (nSPS) is 20.7. The molecule has 2 aromatic carbocycles. The van der Waals surface area contributed by atoms with Crippen LogP contribution in [-0.2, 0) is 14.8 Å². The maximum absolute atomic E-state index is 12.7. The molecule has 0 radical (unpaired) electrons. The molecule has 134 valence electrons. The molecule has 1 saturated heterocycles. The summed E-state index contributed by atoms with van der Waals surface area (Å²) in [5, 5.41) is 3.38. The third-order valence-corrected chi connectivity index (χ3v) is 6.00. The van der Waals surface area contributed by atoms with E-state index in [0.29, 0.717) is 13.2 Å². The van der Waals surface area contributed by atoms with Crippen LogP contribution in [0, 0.1) is 0 Å². The van der Waals surface area contributed by atoms with Crippen LogP contribution in [0.1, 0.15) is 12.8 Å². The van der Waals surface area contributed by atoms with E-state index in [1.54, 1.807) is 25.3 Å². The van der Waals surface area contributed by atoms with E-state index in [0.717, 1.165) is 30.5 Å². The van der Waals surface area contributed by atoms with E-state index >= 15 is 0 Å². The zero-order chi connectivity index (χ0) is 17.8. The summed E-state index contributed by atoms with van der Waals surface area (Å²) in [6.45, 7) is 1.69. The van der Waals surface area contributed by atoms with Gasteiger partial charge in [-0.05, 0) is 42.6 Å². The lowest BCUT2D eigenvalue weighted by Gasteiger charge is -2.28. The Morgan fingerprint density at radius 1 is 1.12 bits per heavy atom. The van der Waals surface area contributed by atoms with Gasteiger partial charge in [0.2, 0.25) is 10.0 Å². The van der Waals surface area contributed by atoms with Crippen molar-refractivity contribution >= 4 is 10.0 Å². The van der Waals surface area contributed by atoms with Gasteiger partial charge in [0.25, 0.3) is 0 Å². The van der Waals surface area contributed by atoms with Crippen molar-refractivity contribution < 1.29 is 13.2 Å². The number of nitrogens with one attached hydrogen (secondary N) is 2. The standard InChI is InChI=1S/C19H24N2O3S/c1-24-15-19(11-6-12-20-19)14-21-25(22,23)18-10-5-9-17(13-18)16-7-3-2-4-8-16/h2-5,7-10,13,20-21H,6,11-12,14-15H2,1H3. The van der Waals surface area contributed by atoms with E-state index in [1.165, 1.54) is 0 Å². The molecule has 1 aliphatic heterocycles. The quantitative estimate of drug-likeness (QED) is 0.796. The molecule has 1 atom stereocenters. The summed E-state index contributed by atoms with van der Waals surface area (Å²) in [6, 6.07) is 16.8. The molecule has 0 amide bonds. The molecule has 0 aliphatic carbocycles. The lowest BCUT2D eigenvalue weighted by Crippen LogP contribution is -2.52. The van der Waals surface area contributed by atoms with Crippen LogP contribution in [0.25, 0.3) is 11.1 Å². The molecule has 0 spiro atoms. The second-order valence-electron chi connectivity index (χ2n) is 6.46. The third-order valence-electron chi connectivity index (χ3n) is 4.60. The second-order valence-corrected chi connectivity index (χ2v) is 8.23. The topological polar surface area (TPSA) is 67.4 Å². The summed E-state index contributed by atoms with van der Waals surface area (Å²) in [4.78, 5) is 0.277. The molecule has 6 heteroatoms. The molecule has 0 bridgehead atoms. The van der Waals surface area contributed by atoms with Gasteiger partial charge in [-0.1, -0.05) is 42.5 Å². The van der Waals surface area contributed by atoms with Crippen molar-refractivity contribution in [1.82, 2.24) is 10.0 Å². The number of methoxy groups -OCH3 is 1. The summed E-state index contributed by atoms with van der Waals surface area (Å²) >= 11 is 0. The number of benzene rings is 2. The van der Waals surface area contributed by atoms with Gasteiger partial charge < -0.3 is 10.1 Å². The highest BCUT2D eigenvalue weighted by molar-refractivity contribution is 7.89. The number of hydrogen-bond acceptors (Lipinski definition) is 4. The van der Waals surface area contributed by atoms with Gasteiger partial charge in [-0.3, -0.25) is 0 Å². The SMILES string of the molecule is COCC1(CNS(=O)(=O)c2cccc(-c3ccccc3)c2)CCCN1. The minimum atomic E-state index is -3.58. The first kappa shape index (κ1) is 18.1. The van der Waals surface area contributed by atoms with Crippen LogP contribution in [-0.4, -0.2) is 40.8 Å². The number of hydrogen-bond donors (Lipinski definition) is 2. The number of ether oxygens (including phenoxy) is 1. The molecule has 2 N–H and O–H groups in total. The second kappa shape index (κ2) is 7.66. The minimum absolute atomic E-state index is 0.277. The lowest BCUT2D eigenvalue weighted by atomic mass is 9.99. The Labute approximate surface area is 149 Å². The Balaban J connectivity index is 1.78. The average Bonchev–Trinajstić information content (AvgIpc) is 3.10. The first-order valence-corrected chi connectivity index (χ1v) is 9.92. The van der Waals surface area contributed by atoms with Crippen LogP contribution in [0.5, 0.6) is 0 Å². The van der Waals surface area contributed by atoms with E-state index in [4.69, 9.17) is 4.74 Å². The van der Waals surface area contributed by atoms with Gasteiger partial charge in [-0.15, -0.1) is 0 Å². The van der Waals surface area contributed by atoms with Crippen LogP contribution < -0.4 is 10.0 Å². The maximum Gasteiger partial charge on any atom is 0.240 e. The molecule has 3 rings (SSSR count). The fourth-order valence-corrected chi connectivity index (χ4v) is 4.43. The molecule has 1 fully saturated rings. The van der Waals surface area contributed by atoms with Gasteiger partial charge in [0.05, 0.1) is 17.0 Å². The van der Waals surface area contributed by atoms with Crippen molar-refractivity contribution in [3.05, 3.63) is 54.6 Å². The van der Waals surface area contributed by atoms with Crippen LogP contribution >= 0.6 is 0 Å². The van der Waals surface area contributed by atoms with Crippen molar-refractivity contribution in [2.75, 3.05) is 26.8 Å². The van der Waals surface area contributed by atoms with E-state index in [2.05, 4.69) is 10.0 Å². The van der Waals surface area contributed by atoms with Crippen molar-refractivity contribution in [2.24, 2.45) is 0 Å². The average molecular weight is 360 g/mol. The fourth-order valence-electron chi connectivity index (χ4n) is 3.26. The van der Waals surface area contributed by atoms with E-state index < -0.39 is 10.0 Å². The summed E-state index contributed by atoms with van der Waals surface area (Å²) in [6.07, 6.45) is 1.92. The molecule has 1 unspecified atom stereocenters. The van der Waals surface area contributed by atoms with Crippen molar-refractivity contribution in [3.8, 4) is 11.1 Å². The first-order chi connectivity index (χ1) is 12.0. The molecule has 25 heavy (non-hydrogen) atoms.